The largest absolute Gasteiger partial charge is 0.478 e. The Balaban J connectivity index is 1.72. The maximum absolute atomic E-state index is 5.82. The second-order valence-electron chi connectivity index (χ2n) is 6.44. The molecule has 1 N–H and O–H groups in total. The molecule has 1 fully saturated rings. The molecule has 1 aliphatic heterocycles. The quantitative estimate of drug-likeness (QED) is 0.799. The van der Waals surface area contributed by atoms with E-state index in [2.05, 4.69) is 36.1 Å². The molecule has 0 bridgehead atoms. The van der Waals surface area contributed by atoms with Gasteiger partial charge < -0.3 is 15.0 Å². The molecule has 2 heterocycles. The van der Waals surface area contributed by atoms with E-state index in [0.717, 1.165) is 32.0 Å². The third-order valence-electron chi connectivity index (χ3n) is 4.05. The highest BCUT2D eigenvalue weighted by atomic mass is 16.5. The summed E-state index contributed by atoms with van der Waals surface area (Å²) in [5.74, 6) is 1.42. The smallest absolute Gasteiger partial charge is 0.213 e. The first kappa shape index (κ1) is 16.2. The molecule has 4 heteroatoms. The predicted octanol–water partition coefficient (Wildman–Crippen LogP) is 2.69. The van der Waals surface area contributed by atoms with Crippen LogP contribution in [0.1, 0.15) is 38.7 Å². The lowest BCUT2D eigenvalue weighted by molar-refractivity contribution is 0.228. The van der Waals surface area contributed by atoms with Gasteiger partial charge in [0.15, 0.2) is 0 Å². The first-order valence-electron chi connectivity index (χ1n) is 8.14. The van der Waals surface area contributed by atoms with Gasteiger partial charge in [-0.25, -0.2) is 4.98 Å². The number of ether oxygens (including phenoxy) is 1. The van der Waals surface area contributed by atoms with Gasteiger partial charge in [-0.05, 0) is 56.9 Å². The van der Waals surface area contributed by atoms with E-state index in [0.29, 0.717) is 12.0 Å². The highest BCUT2D eigenvalue weighted by Gasteiger charge is 2.20. The Morgan fingerprint density at radius 2 is 2.33 bits per heavy atom. The fourth-order valence-electron chi connectivity index (χ4n) is 2.79. The van der Waals surface area contributed by atoms with E-state index in [1.165, 1.54) is 24.9 Å². The molecule has 1 aromatic rings. The molecule has 1 aliphatic rings. The van der Waals surface area contributed by atoms with Crippen molar-refractivity contribution in [1.29, 1.82) is 0 Å². The molecular weight excluding hydrogens is 262 g/mol. The Hall–Kier alpha value is -1.13. The monoisotopic (exact) mass is 291 g/mol. The van der Waals surface area contributed by atoms with E-state index >= 15 is 0 Å². The Labute approximate surface area is 128 Å². The maximum Gasteiger partial charge on any atom is 0.213 e. The third kappa shape index (κ3) is 5.64. The molecule has 1 aromatic heterocycles. The second-order valence-corrected chi connectivity index (χ2v) is 6.44. The summed E-state index contributed by atoms with van der Waals surface area (Å²) < 4.78 is 5.82. The highest BCUT2D eigenvalue weighted by molar-refractivity contribution is 5.20. The summed E-state index contributed by atoms with van der Waals surface area (Å²) in [6, 6.07) is 4.78. The van der Waals surface area contributed by atoms with Crippen LogP contribution in [0.2, 0.25) is 0 Å². The number of hydrogen-bond donors (Lipinski definition) is 1. The Kier molecular flexibility index (Phi) is 6.46. The van der Waals surface area contributed by atoms with Crippen molar-refractivity contribution < 1.29 is 4.74 Å². The van der Waals surface area contributed by atoms with E-state index in [1.54, 1.807) is 0 Å². The van der Waals surface area contributed by atoms with Gasteiger partial charge in [0.25, 0.3) is 0 Å². The van der Waals surface area contributed by atoms with Gasteiger partial charge >= 0.3 is 0 Å². The molecule has 118 valence electrons. The molecule has 21 heavy (non-hydrogen) atoms. The SMILES string of the molecule is CC(C)CNCc1ccnc(OCCC2CCCN2C)c1. The van der Waals surface area contributed by atoms with Crippen LogP contribution in [0.5, 0.6) is 5.88 Å². The van der Waals surface area contributed by atoms with E-state index in [9.17, 15) is 0 Å². The van der Waals surface area contributed by atoms with E-state index in [1.807, 2.05) is 18.3 Å². The van der Waals surface area contributed by atoms with Crippen molar-refractivity contribution in [3.63, 3.8) is 0 Å². The first-order valence-corrected chi connectivity index (χ1v) is 8.14. The molecule has 0 aromatic carbocycles. The fraction of sp³-hybridized carbons (Fsp3) is 0.706. The van der Waals surface area contributed by atoms with Crippen LogP contribution in [-0.2, 0) is 6.54 Å². The maximum atomic E-state index is 5.82. The van der Waals surface area contributed by atoms with E-state index < -0.39 is 0 Å². The van der Waals surface area contributed by atoms with Crippen molar-refractivity contribution in [1.82, 2.24) is 15.2 Å². The fourth-order valence-corrected chi connectivity index (χ4v) is 2.79. The Bertz CT molecular complexity index is 422. The van der Waals surface area contributed by atoms with E-state index in [4.69, 9.17) is 4.74 Å². The van der Waals surface area contributed by atoms with Gasteiger partial charge in [-0.1, -0.05) is 13.8 Å². The van der Waals surface area contributed by atoms with Crippen LogP contribution in [0.3, 0.4) is 0 Å². The van der Waals surface area contributed by atoms with Crippen LogP contribution >= 0.6 is 0 Å². The first-order chi connectivity index (χ1) is 10.1. The minimum Gasteiger partial charge on any atom is -0.478 e. The summed E-state index contributed by atoms with van der Waals surface area (Å²) in [6.45, 7) is 8.32. The molecular formula is C17H29N3O. The van der Waals surface area contributed by atoms with Crippen LogP contribution in [0.25, 0.3) is 0 Å². The van der Waals surface area contributed by atoms with E-state index in [-0.39, 0.29) is 0 Å². The van der Waals surface area contributed by atoms with Crippen molar-refractivity contribution in [2.24, 2.45) is 5.92 Å². The van der Waals surface area contributed by atoms with Gasteiger partial charge in [0.05, 0.1) is 6.61 Å². The number of likely N-dealkylation sites (tertiary alicyclic amines) is 1. The van der Waals surface area contributed by atoms with Crippen molar-refractivity contribution >= 4 is 0 Å². The van der Waals surface area contributed by atoms with Crippen molar-refractivity contribution in [3.8, 4) is 5.88 Å². The van der Waals surface area contributed by atoms with Gasteiger partial charge in [-0.2, -0.15) is 0 Å². The number of rotatable bonds is 8. The Morgan fingerprint density at radius 1 is 1.48 bits per heavy atom. The lowest BCUT2D eigenvalue weighted by Gasteiger charge is -2.19. The number of aromatic nitrogens is 1. The second kappa shape index (κ2) is 8.35. The number of pyridine rings is 1. The molecule has 0 amide bonds. The zero-order valence-corrected chi connectivity index (χ0v) is 13.6. The molecule has 0 saturated carbocycles. The summed E-state index contributed by atoms with van der Waals surface area (Å²) in [6.07, 6.45) is 5.54. The lowest BCUT2D eigenvalue weighted by atomic mass is 10.1. The normalized spacial score (nSPS) is 19.3. The molecule has 0 aliphatic carbocycles. The molecule has 1 unspecified atom stereocenters. The average molecular weight is 291 g/mol. The van der Waals surface area contributed by atoms with Gasteiger partial charge in [-0.3, -0.25) is 0 Å². The summed E-state index contributed by atoms with van der Waals surface area (Å²) in [7, 11) is 2.21. The van der Waals surface area contributed by atoms with Gasteiger partial charge in [0.1, 0.15) is 0 Å². The van der Waals surface area contributed by atoms with Crippen LogP contribution in [0.15, 0.2) is 18.3 Å². The topological polar surface area (TPSA) is 37.4 Å². The average Bonchev–Trinajstić information content (AvgIpc) is 2.85. The van der Waals surface area contributed by atoms with Crippen LogP contribution in [0.4, 0.5) is 0 Å². The van der Waals surface area contributed by atoms with Crippen LogP contribution in [-0.4, -0.2) is 42.7 Å². The highest BCUT2D eigenvalue weighted by Crippen LogP contribution is 2.18. The summed E-state index contributed by atoms with van der Waals surface area (Å²) in [4.78, 5) is 6.74. The predicted molar refractivity (Wildman–Crippen MR) is 86.5 cm³/mol. The lowest BCUT2D eigenvalue weighted by Crippen LogP contribution is -2.26. The van der Waals surface area contributed by atoms with Crippen molar-refractivity contribution in [2.75, 3.05) is 26.7 Å². The number of nitrogens with zero attached hydrogens (tertiary/aromatic N) is 2. The summed E-state index contributed by atoms with van der Waals surface area (Å²) in [5, 5.41) is 3.44. The third-order valence-corrected chi connectivity index (χ3v) is 4.05. The summed E-state index contributed by atoms with van der Waals surface area (Å²) in [5.41, 5.74) is 1.23. The zero-order valence-electron chi connectivity index (χ0n) is 13.6. The standard InChI is InChI=1S/C17H29N3O/c1-14(2)12-18-13-15-6-8-19-17(11-15)21-10-7-16-5-4-9-20(16)3/h6,8,11,14,16,18H,4-5,7,9-10,12-13H2,1-3H3. The molecule has 1 atom stereocenters. The molecule has 0 radical (unpaired) electrons. The van der Waals surface area contributed by atoms with Crippen molar-refractivity contribution in [3.05, 3.63) is 23.9 Å². The zero-order chi connectivity index (χ0) is 15.1. The minimum atomic E-state index is 0.672. The minimum absolute atomic E-state index is 0.672. The molecule has 4 nitrogen and oxygen atoms in total. The van der Waals surface area contributed by atoms with Crippen LogP contribution < -0.4 is 10.1 Å². The molecule has 0 spiro atoms. The van der Waals surface area contributed by atoms with Gasteiger partial charge in [0, 0.05) is 24.8 Å². The number of hydrogen-bond acceptors (Lipinski definition) is 4. The Morgan fingerprint density at radius 3 is 3.05 bits per heavy atom. The van der Waals surface area contributed by atoms with Crippen molar-refractivity contribution in [2.45, 2.75) is 45.7 Å². The molecule has 2 rings (SSSR count). The number of nitrogens with one attached hydrogen (secondary N) is 1. The summed E-state index contributed by atoms with van der Waals surface area (Å²) >= 11 is 0. The van der Waals surface area contributed by atoms with Gasteiger partial charge in [-0.15, -0.1) is 0 Å². The molecule has 1 saturated heterocycles. The van der Waals surface area contributed by atoms with Crippen LogP contribution in [0, 0.1) is 5.92 Å². The van der Waals surface area contributed by atoms with Gasteiger partial charge in [0.2, 0.25) is 5.88 Å².